The van der Waals surface area contributed by atoms with Crippen LogP contribution in [-0.4, -0.2) is 57.6 Å². The van der Waals surface area contributed by atoms with E-state index in [0.29, 0.717) is 19.7 Å². The van der Waals surface area contributed by atoms with Crippen molar-refractivity contribution >= 4 is 9.84 Å². The van der Waals surface area contributed by atoms with E-state index in [1.807, 2.05) is 12.1 Å². The molecule has 0 unspecified atom stereocenters. The molecule has 0 atom stereocenters. The van der Waals surface area contributed by atoms with E-state index in [4.69, 9.17) is 4.74 Å². The van der Waals surface area contributed by atoms with Gasteiger partial charge in [0.25, 0.3) is 0 Å². The standard InChI is InChI=1S/C15H24N2O3S/c1-2-16-13-14-3-5-15(6-4-14)20-10-7-17-8-11-21(18,19)12-9-17/h3-6,16H,2,7-13H2,1H3. The first-order valence-electron chi connectivity index (χ1n) is 7.44. The molecule has 1 heterocycles. The monoisotopic (exact) mass is 312 g/mol. The van der Waals surface area contributed by atoms with Crippen LogP contribution in [0.5, 0.6) is 5.75 Å². The molecular formula is C15H24N2O3S. The Labute approximate surface area is 127 Å². The fraction of sp³-hybridized carbons (Fsp3) is 0.600. The molecule has 5 nitrogen and oxygen atoms in total. The largest absolute Gasteiger partial charge is 0.492 e. The molecule has 2 rings (SSSR count). The second-order valence-corrected chi connectivity index (χ2v) is 7.57. The van der Waals surface area contributed by atoms with Gasteiger partial charge in [0.1, 0.15) is 12.4 Å². The highest BCUT2D eigenvalue weighted by atomic mass is 32.2. The van der Waals surface area contributed by atoms with E-state index in [-0.39, 0.29) is 11.5 Å². The Hall–Kier alpha value is -1.11. The van der Waals surface area contributed by atoms with Crippen LogP contribution in [0.15, 0.2) is 24.3 Å². The van der Waals surface area contributed by atoms with E-state index in [1.165, 1.54) is 5.56 Å². The molecule has 21 heavy (non-hydrogen) atoms. The Balaban J connectivity index is 1.69. The lowest BCUT2D eigenvalue weighted by atomic mass is 10.2. The molecule has 0 aliphatic carbocycles. The number of hydrogen-bond acceptors (Lipinski definition) is 5. The minimum Gasteiger partial charge on any atom is -0.492 e. The van der Waals surface area contributed by atoms with Gasteiger partial charge in [-0.25, -0.2) is 8.42 Å². The molecule has 0 radical (unpaired) electrons. The average Bonchev–Trinajstić information content (AvgIpc) is 2.48. The van der Waals surface area contributed by atoms with Gasteiger partial charge in [-0.3, -0.25) is 4.90 Å². The van der Waals surface area contributed by atoms with Gasteiger partial charge in [-0.05, 0) is 24.2 Å². The summed E-state index contributed by atoms with van der Waals surface area (Å²) in [4.78, 5) is 2.14. The highest BCUT2D eigenvalue weighted by molar-refractivity contribution is 7.91. The Kier molecular flexibility index (Phi) is 6.02. The quantitative estimate of drug-likeness (QED) is 0.811. The molecule has 0 spiro atoms. The third-order valence-corrected chi connectivity index (χ3v) is 5.22. The summed E-state index contributed by atoms with van der Waals surface area (Å²) in [7, 11) is -2.79. The van der Waals surface area contributed by atoms with Crippen LogP contribution in [0.1, 0.15) is 12.5 Å². The first-order chi connectivity index (χ1) is 10.1. The van der Waals surface area contributed by atoms with E-state index in [2.05, 4.69) is 29.3 Å². The number of rotatable bonds is 7. The summed E-state index contributed by atoms with van der Waals surface area (Å²) < 4.78 is 28.4. The Morgan fingerprint density at radius 1 is 1.19 bits per heavy atom. The fourth-order valence-corrected chi connectivity index (χ4v) is 3.52. The van der Waals surface area contributed by atoms with E-state index in [9.17, 15) is 8.42 Å². The second-order valence-electron chi connectivity index (χ2n) is 5.27. The van der Waals surface area contributed by atoms with Crippen LogP contribution < -0.4 is 10.1 Å². The summed E-state index contributed by atoms with van der Waals surface area (Å²) in [5, 5.41) is 3.28. The van der Waals surface area contributed by atoms with Gasteiger partial charge >= 0.3 is 0 Å². The highest BCUT2D eigenvalue weighted by Gasteiger charge is 2.20. The van der Waals surface area contributed by atoms with Crippen LogP contribution in [0.2, 0.25) is 0 Å². The molecule has 0 saturated carbocycles. The second kappa shape index (κ2) is 7.77. The van der Waals surface area contributed by atoms with Crippen molar-refractivity contribution in [2.45, 2.75) is 13.5 Å². The molecule has 6 heteroatoms. The van der Waals surface area contributed by atoms with Crippen molar-refractivity contribution < 1.29 is 13.2 Å². The molecule has 0 amide bonds. The Morgan fingerprint density at radius 2 is 1.86 bits per heavy atom. The van der Waals surface area contributed by atoms with Crippen LogP contribution in [0.3, 0.4) is 0 Å². The predicted molar refractivity (Wildman–Crippen MR) is 84.4 cm³/mol. The Bertz CT molecular complexity index is 514. The molecule has 0 bridgehead atoms. The predicted octanol–water partition coefficient (Wildman–Crippen LogP) is 0.905. The van der Waals surface area contributed by atoms with Crippen LogP contribution in [0.4, 0.5) is 0 Å². The maximum atomic E-state index is 11.3. The molecule has 118 valence electrons. The topological polar surface area (TPSA) is 58.6 Å². The number of benzene rings is 1. The summed E-state index contributed by atoms with van der Waals surface area (Å²) in [6, 6.07) is 8.08. The van der Waals surface area contributed by atoms with Gasteiger partial charge in [0.05, 0.1) is 11.5 Å². The highest BCUT2D eigenvalue weighted by Crippen LogP contribution is 2.12. The maximum Gasteiger partial charge on any atom is 0.152 e. The van der Waals surface area contributed by atoms with Crippen LogP contribution in [0, 0.1) is 0 Å². The molecule has 1 aliphatic rings. The lowest BCUT2D eigenvalue weighted by molar-refractivity contribution is 0.219. The van der Waals surface area contributed by atoms with Gasteiger partial charge in [0, 0.05) is 26.2 Å². The number of nitrogens with one attached hydrogen (secondary N) is 1. The van der Waals surface area contributed by atoms with Crippen molar-refractivity contribution in [1.82, 2.24) is 10.2 Å². The molecule has 1 aliphatic heterocycles. The van der Waals surface area contributed by atoms with Crippen molar-refractivity contribution in [2.75, 3.05) is 44.3 Å². The summed E-state index contributed by atoms with van der Waals surface area (Å²) in [6.07, 6.45) is 0. The lowest BCUT2D eigenvalue weighted by Gasteiger charge is -2.26. The number of hydrogen-bond donors (Lipinski definition) is 1. The van der Waals surface area contributed by atoms with Crippen molar-refractivity contribution in [1.29, 1.82) is 0 Å². The van der Waals surface area contributed by atoms with Crippen molar-refractivity contribution in [3.63, 3.8) is 0 Å². The fourth-order valence-electron chi connectivity index (χ4n) is 2.24. The molecule has 1 N–H and O–H groups in total. The maximum absolute atomic E-state index is 11.3. The number of nitrogens with zero attached hydrogens (tertiary/aromatic N) is 1. The zero-order valence-electron chi connectivity index (χ0n) is 12.5. The van der Waals surface area contributed by atoms with Gasteiger partial charge in [0.15, 0.2) is 9.84 Å². The minimum absolute atomic E-state index is 0.270. The summed E-state index contributed by atoms with van der Waals surface area (Å²) in [5.74, 6) is 1.40. The molecule has 1 aromatic carbocycles. The Morgan fingerprint density at radius 3 is 2.48 bits per heavy atom. The first kappa shape index (κ1) is 16.3. The summed E-state index contributed by atoms with van der Waals surface area (Å²) >= 11 is 0. The van der Waals surface area contributed by atoms with Gasteiger partial charge in [0.2, 0.25) is 0 Å². The van der Waals surface area contributed by atoms with Gasteiger partial charge < -0.3 is 10.1 Å². The minimum atomic E-state index is -2.79. The molecule has 1 aromatic rings. The molecule has 1 fully saturated rings. The summed E-state index contributed by atoms with van der Waals surface area (Å²) in [5.41, 5.74) is 1.24. The van der Waals surface area contributed by atoms with Crippen molar-refractivity contribution in [3.05, 3.63) is 29.8 Å². The van der Waals surface area contributed by atoms with Gasteiger partial charge in [-0.2, -0.15) is 0 Å². The zero-order chi connectivity index (χ0) is 15.1. The average molecular weight is 312 g/mol. The van der Waals surface area contributed by atoms with Crippen LogP contribution in [0.25, 0.3) is 0 Å². The first-order valence-corrected chi connectivity index (χ1v) is 9.26. The van der Waals surface area contributed by atoms with E-state index in [0.717, 1.165) is 25.4 Å². The van der Waals surface area contributed by atoms with Crippen molar-refractivity contribution in [2.24, 2.45) is 0 Å². The van der Waals surface area contributed by atoms with Gasteiger partial charge in [-0.15, -0.1) is 0 Å². The number of ether oxygens (including phenoxy) is 1. The van der Waals surface area contributed by atoms with E-state index < -0.39 is 9.84 Å². The van der Waals surface area contributed by atoms with Crippen LogP contribution in [-0.2, 0) is 16.4 Å². The SMILES string of the molecule is CCNCc1ccc(OCCN2CCS(=O)(=O)CC2)cc1. The third kappa shape index (κ3) is 5.65. The normalized spacial score (nSPS) is 18.5. The molecule has 1 saturated heterocycles. The third-order valence-electron chi connectivity index (χ3n) is 3.62. The van der Waals surface area contributed by atoms with E-state index >= 15 is 0 Å². The molecule has 0 aromatic heterocycles. The lowest BCUT2D eigenvalue weighted by Crippen LogP contribution is -2.42. The smallest absolute Gasteiger partial charge is 0.152 e. The zero-order valence-corrected chi connectivity index (χ0v) is 13.4. The molecular weight excluding hydrogens is 288 g/mol. The summed E-state index contributed by atoms with van der Waals surface area (Å²) in [6.45, 7) is 6.52. The van der Waals surface area contributed by atoms with Gasteiger partial charge in [-0.1, -0.05) is 19.1 Å². The number of sulfone groups is 1. The van der Waals surface area contributed by atoms with E-state index in [1.54, 1.807) is 0 Å². The van der Waals surface area contributed by atoms with Crippen molar-refractivity contribution in [3.8, 4) is 5.75 Å². The van der Waals surface area contributed by atoms with Crippen LogP contribution >= 0.6 is 0 Å².